The second-order valence-corrected chi connectivity index (χ2v) is 13.0. The Bertz CT molecular complexity index is 1900. The summed E-state index contributed by atoms with van der Waals surface area (Å²) in [6.45, 7) is 5.71. The molecule has 2 N–H and O–H groups in total. The standard InChI is InChI=1S/C34H33F3N6O2/c1-3-21-25(35)6-5-19-11-20(38)12-22(26(19)21)29-28(37)30-23(14-39-29)32(43-9-10-44-16-24-27(36)31(24)43)41-33(40-30)45-17-34-7-4-8-42(34)15-18(2)13-34/h1,5-6,11-12,14,18,24,27,31H,4,7-10,13,15-17,38H2,2H3/t18-,24-,27-,31-,34-/m0/s1. The van der Waals surface area contributed by atoms with Crippen LogP contribution in [0.1, 0.15) is 31.7 Å². The lowest BCUT2D eigenvalue weighted by molar-refractivity contribution is 0.107. The highest BCUT2D eigenvalue weighted by Gasteiger charge is 2.56. The van der Waals surface area contributed by atoms with Crippen LogP contribution in [0.15, 0.2) is 30.5 Å². The molecule has 8 rings (SSSR count). The normalized spacial score (nSPS) is 27.8. The van der Waals surface area contributed by atoms with Crippen molar-refractivity contribution in [3.63, 3.8) is 0 Å². The van der Waals surface area contributed by atoms with Gasteiger partial charge in [-0.3, -0.25) is 9.88 Å². The van der Waals surface area contributed by atoms with Crippen molar-refractivity contribution >= 4 is 33.2 Å². The Labute approximate surface area is 258 Å². The molecule has 45 heavy (non-hydrogen) atoms. The molecule has 3 saturated heterocycles. The van der Waals surface area contributed by atoms with E-state index >= 15 is 4.39 Å². The topological polar surface area (TPSA) is 89.6 Å². The molecule has 1 aliphatic carbocycles. The second kappa shape index (κ2) is 10.5. The minimum Gasteiger partial charge on any atom is -0.461 e. The number of anilines is 2. The van der Waals surface area contributed by atoms with Gasteiger partial charge in [-0.15, -0.1) is 6.42 Å². The number of nitrogens with zero attached hydrogens (tertiary/aromatic N) is 5. The van der Waals surface area contributed by atoms with E-state index < -0.39 is 23.8 Å². The average Bonchev–Trinajstić information content (AvgIpc) is 3.43. The highest BCUT2D eigenvalue weighted by Crippen LogP contribution is 2.46. The molecule has 4 aromatic rings. The Kier molecular flexibility index (Phi) is 6.59. The van der Waals surface area contributed by atoms with Gasteiger partial charge in [0, 0.05) is 41.8 Å². The molecule has 0 radical (unpaired) electrons. The molecule has 0 unspecified atom stereocenters. The molecule has 232 valence electrons. The molecule has 0 amide bonds. The Morgan fingerprint density at radius 3 is 2.93 bits per heavy atom. The molecule has 3 aliphatic heterocycles. The van der Waals surface area contributed by atoms with Crippen molar-refractivity contribution in [2.24, 2.45) is 11.8 Å². The smallest absolute Gasteiger partial charge is 0.319 e. The van der Waals surface area contributed by atoms with Crippen molar-refractivity contribution < 1.29 is 22.6 Å². The fraction of sp³-hybridized carbons (Fsp3) is 0.441. The maximum Gasteiger partial charge on any atom is 0.319 e. The van der Waals surface area contributed by atoms with Gasteiger partial charge in [0.05, 0.1) is 35.7 Å². The summed E-state index contributed by atoms with van der Waals surface area (Å²) in [6.07, 6.45) is 9.19. The van der Waals surface area contributed by atoms with E-state index in [-0.39, 0.29) is 39.8 Å². The molecule has 4 fully saturated rings. The Balaban J connectivity index is 1.29. The van der Waals surface area contributed by atoms with Gasteiger partial charge in [-0.05, 0) is 55.3 Å². The summed E-state index contributed by atoms with van der Waals surface area (Å²) < 4.78 is 58.6. The first-order chi connectivity index (χ1) is 21.8. The summed E-state index contributed by atoms with van der Waals surface area (Å²) >= 11 is 0. The number of pyridine rings is 1. The number of benzene rings is 2. The number of rotatable bonds is 5. The lowest BCUT2D eigenvalue weighted by Crippen LogP contribution is -2.43. The van der Waals surface area contributed by atoms with Crippen molar-refractivity contribution in [1.29, 1.82) is 0 Å². The molecular weight excluding hydrogens is 581 g/mol. The Morgan fingerprint density at radius 2 is 2.09 bits per heavy atom. The lowest BCUT2D eigenvalue weighted by Gasteiger charge is -2.31. The first kappa shape index (κ1) is 28.3. The highest BCUT2D eigenvalue weighted by atomic mass is 19.1. The van der Waals surface area contributed by atoms with E-state index in [1.165, 1.54) is 18.3 Å². The van der Waals surface area contributed by atoms with Crippen LogP contribution in [0.3, 0.4) is 0 Å². The van der Waals surface area contributed by atoms with Gasteiger partial charge in [-0.2, -0.15) is 9.97 Å². The van der Waals surface area contributed by atoms with Crippen molar-refractivity contribution in [1.82, 2.24) is 19.9 Å². The zero-order valence-electron chi connectivity index (χ0n) is 24.9. The van der Waals surface area contributed by atoms with Gasteiger partial charge >= 0.3 is 6.01 Å². The quantitative estimate of drug-likeness (QED) is 0.245. The Morgan fingerprint density at radius 1 is 1.22 bits per heavy atom. The van der Waals surface area contributed by atoms with E-state index in [0.29, 0.717) is 59.9 Å². The second-order valence-electron chi connectivity index (χ2n) is 13.0. The van der Waals surface area contributed by atoms with E-state index in [4.69, 9.17) is 26.6 Å². The summed E-state index contributed by atoms with van der Waals surface area (Å²) in [5, 5.41) is 1.19. The molecule has 0 spiro atoms. The molecule has 2 aromatic heterocycles. The number of hydrogen-bond acceptors (Lipinski definition) is 8. The molecule has 2 aromatic carbocycles. The largest absolute Gasteiger partial charge is 0.461 e. The first-order valence-corrected chi connectivity index (χ1v) is 15.5. The summed E-state index contributed by atoms with van der Waals surface area (Å²) in [6, 6.07) is 5.56. The van der Waals surface area contributed by atoms with Gasteiger partial charge in [0.15, 0.2) is 5.82 Å². The van der Waals surface area contributed by atoms with Crippen LogP contribution in [0.2, 0.25) is 0 Å². The van der Waals surface area contributed by atoms with Gasteiger partial charge in [0.1, 0.15) is 35.6 Å². The lowest BCUT2D eigenvalue weighted by atomic mass is 9.92. The number of fused-ring (bicyclic) bond motifs is 4. The van der Waals surface area contributed by atoms with E-state index in [1.54, 1.807) is 12.1 Å². The van der Waals surface area contributed by atoms with Crippen molar-refractivity contribution in [2.75, 3.05) is 50.1 Å². The van der Waals surface area contributed by atoms with Crippen LogP contribution in [-0.2, 0) is 4.74 Å². The number of aromatic nitrogens is 3. The summed E-state index contributed by atoms with van der Waals surface area (Å²) in [5.41, 5.74) is 6.53. The van der Waals surface area contributed by atoms with Crippen LogP contribution < -0.4 is 15.4 Å². The van der Waals surface area contributed by atoms with Crippen LogP contribution in [0.25, 0.3) is 32.9 Å². The van der Waals surface area contributed by atoms with Gasteiger partial charge in [-0.1, -0.05) is 18.9 Å². The van der Waals surface area contributed by atoms with Crippen LogP contribution in [-0.4, -0.2) is 77.1 Å². The molecule has 5 atom stereocenters. The molecule has 8 nitrogen and oxygen atoms in total. The van der Waals surface area contributed by atoms with Gasteiger partial charge in [0.25, 0.3) is 0 Å². The predicted octanol–water partition coefficient (Wildman–Crippen LogP) is 5.11. The van der Waals surface area contributed by atoms with Crippen LogP contribution in [0.5, 0.6) is 6.01 Å². The number of halogens is 3. The summed E-state index contributed by atoms with van der Waals surface area (Å²) in [5.74, 6) is 1.64. The van der Waals surface area contributed by atoms with E-state index in [9.17, 15) is 8.78 Å². The zero-order chi connectivity index (χ0) is 31.0. The maximum absolute atomic E-state index is 16.8. The third kappa shape index (κ3) is 4.49. The minimum absolute atomic E-state index is 0.0132. The van der Waals surface area contributed by atoms with Crippen LogP contribution in [0.4, 0.5) is 24.7 Å². The van der Waals surface area contributed by atoms with Crippen LogP contribution in [0, 0.1) is 35.8 Å². The maximum atomic E-state index is 16.8. The monoisotopic (exact) mass is 614 g/mol. The van der Waals surface area contributed by atoms with Crippen molar-refractivity contribution in [3.05, 3.63) is 47.7 Å². The van der Waals surface area contributed by atoms with Crippen molar-refractivity contribution in [2.45, 2.75) is 43.9 Å². The predicted molar refractivity (Wildman–Crippen MR) is 166 cm³/mol. The first-order valence-electron chi connectivity index (χ1n) is 15.5. The van der Waals surface area contributed by atoms with Crippen molar-refractivity contribution in [3.8, 4) is 29.6 Å². The molecule has 5 heterocycles. The third-order valence-corrected chi connectivity index (χ3v) is 10.1. The molecule has 11 heteroatoms. The molecule has 1 saturated carbocycles. The van der Waals surface area contributed by atoms with E-state index in [1.807, 2.05) is 4.90 Å². The fourth-order valence-corrected chi connectivity index (χ4v) is 7.99. The number of nitrogens with two attached hydrogens (primary N) is 1. The number of alkyl halides is 1. The van der Waals surface area contributed by atoms with E-state index in [0.717, 1.165) is 32.4 Å². The Hall–Kier alpha value is -4.14. The number of terminal acetylenes is 1. The van der Waals surface area contributed by atoms with Gasteiger partial charge in [0.2, 0.25) is 0 Å². The summed E-state index contributed by atoms with van der Waals surface area (Å²) in [4.78, 5) is 18.2. The van der Waals surface area contributed by atoms with Crippen LogP contribution >= 0.6 is 0 Å². The minimum atomic E-state index is -1.08. The fourth-order valence-electron chi connectivity index (χ4n) is 7.99. The molecular formula is C34H33F3N6O2. The highest BCUT2D eigenvalue weighted by molar-refractivity contribution is 6.03. The number of ether oxygens (including phenoxy) is 2. The van der Waals surface area contributed by atoms with E-state index in [2.05, 4.69) is 27.7 Å². The molecule has 4 aliphatic rings. The SMILES string of the molecule is C#Cc1c(F)ccc2cc(N)cc(-c3ncc4c(N5CCOC[C@H]6[C@H](F)[C@H]65)nc(OC[C@@]56CCCN5C[C@@H](C)C6)nc4c3F)c12. The van der Waals surface area contributed by atoms with Gasteiger partial charge < -0.3 is 20.1 Å². The summed E-state index contributed by atoms with van der Waals surface area (Å²) in [7, 11) is 0. The molecule has 0 bridgehead atoms. The number of hydrogen-bond donors (Lipinski definition) is 1. The third-order valence-electron chi connectivity index (χ3n) is 10.1. The zero-order valence-corrected chi connectivity index (χ0v) is 24.9. The average molecular weight is 615 g/mol. The van der Waals surface area contributed by atoms with Gasteiger partial charge in [-0.25, -0.2) is 13.2 Å². The number of nitrogen functional groups attached to an aromatic ring is 1.